The Morgan fingerprint density at radius 2 is 1.94 bits per heavy atom. The molecule has 0 radical (unpaired) electrons. The molecule has 0 amide bonds. The highest BCUT2D eigenvalue weighted by atomic mass is 19.4. The van der Waals surface area contributed by atoms with Crippen molar-refractivity contribution in [2.45, 2.75) is 12.6 Å². The monoisotopic (exact) mass is 255 g/mol. The molecule has 0 aliphatic carbocycles. The topological polar surface area (TPSA) is 90.7 Å². The second-order valence-electron chi connectivity index (χ2n) is 3.19. The standard InChI is InChI=1S/C10H4F3N3O2/c11-10(12,13)8-2-1-6(5-15)9(16(17)18)7(8)3-4-14/h1-2H,3H2. The Bertz CT molecular complexity index is 582. The van der Waals surface area contributed by atoms with Gasteiger partial charge in [0.2, 0.25) is 0 Å². The Labute approximate surface area is 98.8 Å². The largest absolute Gasteiger partial charge is 0.416 e. The van der Waals surface area contributed by atoms with Gasteiger partial charge in [0.1, 0.15) is 11.6 Å². The minimum atomic E-state index is -4.81. The molecule has 0 saturated heterocycles. The average molecular weight is 255 g/mol. The maximum Gasteiger partial charge on any atom is 0.416 e. The van der Waals surface area contributed by atoms with E-state index < -0.39 is 39.9 Å². The number of rotatable bonds is 2. The molecule has 0 unspecified atom stereocenters. The van der Waals surface area contributed by atoms with Gasteiger partial charge >= 0.3 is 6.18 Å². The van der Waals surface area contributed by atoms with Crippen molar-refractivity contribution in [2.24, 2.45) is 0 Å². The summed E-state index contributed by atoms with van der Waals surface area (Å²) in [5, 5.41) is 27.8. The molecule has 1 aromatic rings. The van der Waals surface area contributed by atoms with Gasteiger partial charge in [-0.2, -0.15) is 23.7 Å². The molecule has 1 aromatic carbocycles. The molecule has 0 aliphatic heterocycles. The van der Waals surface area contributed by atoms with E-state index in [0.717, 1.165) is 6.07 Å². The zero-order chi connectivity index (χ0) is 13.9. The summed E-state index contributed by atoms with van der Waals surface area (Å²) in [5.74, 6) is 0. The van der Waals surface area contributed by atoms with Crippen LogP contribution >= 0.6 is 0 Å². The first-order valence-electron chi connectivity index (χ1n) is 4.47. The quantitative estimate of drug-likeness (QED) is 0.599. The molecule has 92 valence electrons. The van der Waals surface area contributed by atoms with E-state index in [0.29, 0.717) is 6.07 Å². The van der Waals surface area contributed by atoms with E-state index in [1.165, 1.54) is 12.1 Å². The van der Waals surface area contributed by atoms with Crippen LogP contribution in [0.25, 0.3) is 0 Å². The number of hydrogen-bond acceptors (Lipinski definition) is 4. The molecule has 5 nitrogen and oxygen atoms in total. The van der Waals surface area contributed by atoms with Crippen molar-refractivity contribution in [3.63, 3.8) is 0 Å². The average Bonchev–Trinajstić information content (AvgIpc) is 2.26. The van der Waals surface area contributed by atoms with E-state index in [1.54, 1.807) is 0 Å². The van der Waals surface area contributed by atoms with E-state index in [9.17, 15) is 23.3 Å². The van der Waals surface area contributed by atoms with E-state index in [-0.39, 0.29) is 0 Å². The number of nitrogens with zero attached hydrogens (tertiary/aromatic N) is 3. The van der Waals surface area contributed by atoms with Crippen LogP contribution in [0.1, 0.15) is 16.7 Å². The van der Waals surface area contributed by atoms with E-state index in [4.69, 9.17) is 10.5 Å². The Balaban J connectivity index is 3.70. The third kappa shape index (κ3) is 2.38. The van der Waals surface area contributed by atoms with Gasteiger partial charge in [0, 0.05) is 0 Å². The minimum Gasteiger partial charge on any atom is -0.258 e. The first-order chi connectivity index (χ1) is 8.32. The van der Waals surface area contributed by atoms with Crippen LogP contribution < -0.4 is 0 Å². The number of nitro groups is 1. The molecule has 0 spiro atoms. The molecule has 1 rings (SSSR count). The maximum absolute atomic E-state index is 12.6. The third-order valence-electron chi connectivity index (χ3n) is 2.15. The van der Waals surface area contributed by atoms with Crippen LogP contribution in [-0.4, -0.2) is 4.92 Å². The highest BCUT2D eigenvalue weighted by molar-refractivity contribution is 5.58. The molecule has 0 N–H and O–H groups in total. The summed E-state index contributed by atoms with van der Waals surface area (Å²) in [7, 11) is 0. The fraction of sp³-hybridized carbons (Fsp3) is 0.200. The molecule has 18 heavy (non-hydrogen) atoms. The Morgan fingerprint density at radius 3 is 2.33 bits per heavy atom. The van der Waals surface area contributed by atoms with Crippen molar-refractivity contribution >= 4 is 5.69 Å². The van der Waals surface area contributed by atoms with Crippen molar-refractivity contribution in [3.8, 4) is 12.1 Å². The van der Waals surface area contributed by atoms with Gasteiger partial charge in [-0.3, -0.25) is 10.1 Å². The fourth-order valence-corrected chi connectivity index (χ4v) is 1.46. The first-order valence-corrected chi connectivity index (χ1v) is 4.47. The molecule has 0 atom stereocenters. The third-order valence-corrected chi connectivity index (χ3v) is 2.15. The maximum atomic E-state index is 12.6. The van der Waals surface area contributed by atoms with Gasteiger partial charge in [-0.15, -0.1) is 0 Å². The Morgan fingerprint density at radius 1 is 1.33 bits per heavy atom. The summed E-state index contributed by atoms with van der Waals surface area (Å²) in [6.45, 7) is 0. The second kappa shape index (κ2) is 4.72. The van der Waals surface area contributed by atoms with Crippen LogP contribution in [0.2, 0.25) is 0 Å². The van der Waals surface area contributed by atoms with Gasteiger partial charge in [-0.1, -0.05) is 0 Å². The zero-order valence-corrected chi connectivity index (χ0v) is 8.65. The summed E-state index contributed by atoms with van der Waals surface area (Å²) >= 11 is 0. The number of halogens is 3. The van der Waals surface area contributed by atoms with Gasteiger partial charge in [0.25, 0.3) is 5.69 Å². The highest BCUT2D eigenvalue weighted by Gasteiger charge is 2.37. The van der Waals surface area contributed by atoms with Gasteiger partial charge in [-0.25, -0.2) is 0 Å². The molecule has 0 saturated carbocycles. The summed E-state index contributed by atoms with van der Waals surface area (Å²) in [5.41, 5.74) is -3.52. The van der Waals surface area contributed by atoms with Gasteiger partial charge in [0.05, 0.1) is 28.5 Å². The van der Waals surface area contributed by atoms with Crippen molar-refractivity contribution in [3.05, 3.63) is 38.9 Å². The van der Waals surface area contributed by atoms with Crippen LogP contribution in [0.4, 0.5) is 18.9 Å². The Kier molecular flexibility index (Phi) is 3.53. The van der Waals surface area contributed by atoms with Crippen molar-refractivity contribution in [1.82, 2.24) is 0 Å². The lowest BCUT2D eigenvalue weighted by molar-refractivity contribution is -0.386. The molecular weight excluding hydrogens is 251 g/mol. The molecular formula is C10H4F3N3O2. The van der Waals surface area contributed by atoms with Crippen LogP contribution in [0.15, 0.2) is 12.1 Å². The van der Waals surface area contributed by atoms with E-state index in [1.807, 2.05) is 0 Å². The number of alkyl halides is 3. The lowest BCUT2D eigenvalue weighted by Crippen LogP contribution is -2.12. The molecule has 0 aromatic heterocycles. The predicted molar refractivity (Wildman–Crippen MR) is 52.1 cm³/mol. The lowest BCUT2D eigenvalue weighted by atomic mass is 9.98. The van der Waals surface area contributed by atoms with Crippen molar-refractivity contribution in [1.29, 1.82) is 10.5 Å². The van der Waals surface area contributed by atoms with Crippen LogP contribution in [0.3, 0.4) is 0 Å². The van der Waals surface area contributed by atoms with Crippen molar-refractivity contribution in [2.75, 3.05) is 0 Å². The fourth-order valence-electron chi connectivity index (χ4n) is 1.46. The zero-order valence-electron chi connectivity index (χ0n) is 8.65. The predicted octanol–water partition coefficient (Wildman–Crippen LogP) is 2.55. The first kappa shape index (κ1) is 13.5. The van der Waals surface area contributed by atoms with E-state index in [2.05, 4.69) is 0 Å². The van der Waals surface area contributed by atoms with Crippen molar-refractivity contribution < 1.29 is 18.1 Å². The molecule has 8 heteroatoms. The van der Waals surface area contributed by atoms with Crippen LogP contribution in [0, 0.1) is 32.8 Å². The smallest absolute Gasteiger partial charge is 0.258 e. The lowest BCUT2D eigenvalue weighted by Gasteiger charge is -2.11. The van der Waals surface area contributed by atoms with Gasteiger partial charge in [0.15, 0.2) is 0 Å². The molecule has 0 bridgehead atoms. The summed E-state index contributed by atoms with van der Waals surface area (Å²) in [6, 6.07) is 4.16. The molecule has 0 aliphatic rings. The summed E-state index contributed by atoms with van der Waals surface area (Å²) in [4.78, 5) is 9.65. The molecule has 0 heterocycles. The number of nitriles is 2. The summed E-state index contributed by atoms with van der Waals surface area (Å²) in [6.07, 6.45) is -5.61. The van der Waals surface area contributed by atoms with E-state index >= 15 is 0 Å². The minimum absolute atomic E-state index is 0.502. The van der Waals surface area contributed by atoms with Crippen LogP contribution in [-0.2, 0) is 12.6 Å². The number of hydrogen-bond donors (Lipinski definition) is 0. The SMILES string of the molecule is N#CCc1c(C(F)(F)F)ccc(C#N)c1[N+](=O)[O-]. The van der Waals surface area contributed by atoms with Gasteiger partial charge in [-0.05, 0) is 12.1 Å². The highest BCUT2D eigenvalue weighted by Crippen LogP contribution is 2.37. The number of benzene rings is 1. The summed E-state index contributed by atoms with van der Waals surface area (Å²) < 4.78 is 37.9. The Hall–Kier alpha value is -2.61. The van der Waals surface area contributed by atoms with Gasteiger partial charge < -0.3 is 0 Å². The normalized spacial score (nSPS) is 10.5. The van der Waals surface area contributed by atoms with Crippen LogP contribution in [0.5, 0.6) is 0 Å². The number of nitro benzene ring substituents is 1. The second-order valence-corrected chi connectivity index (χ2v) is 3.19. The molecule has 0 fully saturated rings.